The fourth-order valence-corrected chi connectivity index (χ4v) is 0. The maximum Gasteiger partial charge on any atom is 1.00 e. The van der Waals surface area contributed by atoms with Gasteiger partial charge in [0.15, 0.2) is 0 Å². The number of phosphoric acid groups is 1. The smallest absolute Gasteiger partial charge is 1.00 e. The van der Waals surface area contributed by atoms with Gasteiger partial charge >= 0.3 is 44.9 Å². The van der Waals surface area contributed by atoms with E-state index >= 15 is 0 Å². The van der Waals surface area contributed by atoms with Crippen molar-refractivity contribution in [2.24, 2.45) is 0 Å². The summed E-state index contributed by atoms with van der Waals surface area (Å²) in [6.07, 6.45) is 0.778. The van der Waals surface area contributed by atoms with Crippen LogP contribution in [0.2, 0.25) is 0 Å². The average molecular weight is 231 g/mol. The first-order valence-corrected chi connectivity index (χ1v) is 6.88. The zero-order valence-corrected chi connectivity index (χ0v) is 11.3. The van der Waals surface area contributed by atoms with E-state index in [1.807, 2.05) is 6.92 Å². The Labute approximate surface area is 91.9 Å². The van der Waals surface area contributed by atoms with Crippen LogP contribution in [0.4, 0.5) is 0 Å². The summed E-state index contributed by atoms with van der Waals surface area (Å²) in [6, 6.07) is 0. The van der Waals surface area contributed by atoms with E-state index in [9.17, 15) is 4.57 Å². The molecule has 9 heteroatoms. The summed E-state index contributed by atoms with van der Waals surface area (Å²) >= 11 is 0. The molecule has 0 saturated heterocycles. The van der Waals surface area contributed by atoms with Gasteiger partial charge in [0.2, 0.25) is 0 Å². The minimum Gasteiger partial charge on any atom is -1.00 e. The molecule has 0 bridgehead atoms. The Hall–Kier alpha value is 1.64. The van der Waals surface area contributed by atoms with Crippen LogP contribution in [0.5, 0.6) is 0 Å². The number of hydrogen-bond donors (Lipinski definition) is 3. The second kappa shape index (κ2) is 9.73. The first-order valence-electron chi connectivity index (χ1n) is 2.25. The summed E-state index contributed by atoms with van der Waals surface area (Å²) in [5.41, 5.74) is 0. The molecule has 0 radical (unpaired) electrons. The summed E-state index contributed by atoms with van der Waals surface area (Å²) in [7, 11) is -3.33. The van der Waals surface area contributed by atoms with Crippen LogP contribution in [0.25, 0.3) is 0 Å². The van der Waals surface area contributed by atoms with Gasteiger partial charge in [0.05, 0.1) is 0 Å². The Morgan fingerprint density at radius 1 is 1.55 bits per heavy atom. The van der Waals surface area contributed by atoms with Crippen molar-refractivity contribution in [1.29, 1.82) is 0 Å². The van der Waals surface area contributed by atoms with Gasteiger partial charge in [-0.2, -0.15) is 0 Å². The van der Waals surface area contributed by atoms with Crippen molar-refractivity contribution in [3.63, 3.8) is 0 Å². The van der Waals surface area contributed by atoms with E-state index in [1.165, 1.54) is 0 Å². The van der Waals surface area contributed by atoms with Crippen molar-refractivity contribution in [2.75, 3.05) is 6.16 Å². The van der Waals surface area contributed by atoms with E-state index in [1.54, 1.807) is 0 Å². The van der Waals surface area contributed by atoms with Crippen molar-refractivity contribution >= 4 is 24.2 Å². The number of rotatable bonds is 1. The molecule has 2 atom stereocenters. The molecular weight excluding hydrogens is 220 g/mol. The van der Waals surface area contributed by atoms with Crippen LogP contribution in [0, 0.1) is 0 Å². The van der Waals surface area contributed by atoms with Crippen LogP contribution in [0.15, 0.2) is 0 Å². The van der Waals surface area contributed by atoms with Crippen LogP contribution in [-0.4, -0.2) is 20.8 Å². The van der Waals surface area contributed by atoms with E-state index in [0.717, 1.165) is 6.16 Å². The van der Waals surface area contributed by atoms with E-state index < -0.39 is 15.3 Å². The maximum absolute atomic E-state index is 9.92. The van der Waals surface area contributed by atoms with Crippen LogP contribution in [-0.2, 0) is 9.13 Å². The zero-order valence-electron chi connectivity index (χ0n) is 7.34. The fourth-order valence-electron chi connectivity index (χ4n) is 0. The Kier molecular flexibility index (Phi) is 16.3. The molecule has 0 aliphatic carbocycles. The summed E-state index contributed by atoms with van der Waals surface area (Å²) in [4.78, 5) is 21.6. The fraction of sp³-hybridized carbons (Fsp3) is 1.00. The average Bonchev–Trinajstić information content (AvgIpc) is 1.61. The van der Waals surface area contributed by atoms with Gasteiger partial charge in [-0.3, -0.25) is 0 Å². The molecule has 0 amide bonds. The molecule has 11 heavy (non-hydrogen) atoms. The summed E-state index contributed by atoms with van der Waals surface area (Å²) < 4.78 is 18.8. The third-order valence-electron chi connectivity index (χ3n) is 0.312. The Morgan fingerprint density at radius 3 is 1.64 bits per heavy atom. The molecule has 5 nitrogen and oxygen atoms in total. The van der Waals surface area contributed by atoms with E-state index in [2.05, 4.69) is 8.93 Å². The molecule has 2 unspecified atom stereocenters. The molecule has 0 aliphatic rings. The minimum atomic E-state index is -4.64. The summed E-state index contributed by atoms with van der Waals surface area (Å²) in [5, 5.41) is 0. The van der Waals surface area contributed by atoms with Crippen molar-refractivity contribution in [1.82, 2.24) is 0 Å². The zero-order chi connectivity index (χ0) is 8.78. The molecule has 0 spiro atoms. The largest absolute Gasteiger partial charge is 1.00 e. The Balaban J connectivity index is -0.0000000457. The SMILES string of the molecule is CC[P+](=O)P.O=P(O)(O)O.[H-].[Na+]. The summed E-state index contributed by atoms with van der Waals surface area (Å²) in [5.74, 6) is 0. The molecule has 3 N–H and O–H groups in total. The predicted molar refractivity (Wildman–Crippen MR) is 43.2 cm³/mol. The van der Waals surface area contributed by atoms with Gasteiger partial charge in [-0.1, -0.05) is 4.57 Å². The van der Waals surface area contributed by atoms with Gasteiger partial charge < -0.3 is 16.1 Å². The third-order valence-corrected chi connectivity index (χ3v) is 2.03. The minimum absolute atomic E-state index is 0. The molecule has 0 saturated carbocycles. The first kappa shape index (κ1) is 18.4. The maximum atomic E-state index is 9.92. The van der Waals surface area contributed by atoms with Gasteiger partial charge in [-0.25, -0.2) is 4.57 Å². The van der Waals surface area contributed by atoms with E-state index in [0.29, 0.717) is 0 Å². The van der Waals surface area contributed by atoms with Crippen LogP contribution >= 0.6 is 24.2 Å². The quantitative estimate of drug-likeness (QED) is 0.352. The third kappa shape index (κ3) is 81.6. The van der Waals surface area contributed by atoms with Crippen LogP contribution in [0.1, 0.15) is 8.35 Å². The van der Waals surface area contributed by atoms with Crippen LogP contribution < -0.4 is 29.6 Å². The van der Waals surface area contributed by atoms with Crippen molar-refractivity contribution in [3.05, 3.63) is 0 Å². The van der Waals surface area contributed by atoms with Gasteiger partial charge in [0, 0.05) is 0 Å². The first-order chi connectivity index (χ1) is 4.27. The van der Waals surface area contributed by atoms with Gasteiger partial charge in [-0.15, -0.1) is 0 Å². The summed E-state index contributed by atoms with van der Waals surface area (Å²) in [6.45, 7) is 1.89. The molecular formula is C2H11NaO5P3+. The van der Waals surface area contributed by atoms with Crippen molar-refractivity contribution < 1.29 is 54.8 Å². The topological polar surface area (TPSA) is 94.8 Å². The van der Waals surface area contributed by atoms with Crippen molar-refractivity contribution in [2.45, 2.75) is 6.92 Å². The molecule has 0 heterocycles. The molecule has 0 fully saturated rings. The standard InChI is InChI=1S/C2H7OP2.Na.H3O4P.H/c1-2-5(3)4;;1-5(2,3)4;/h2,4H2,1H3;;(H3,1,2,3,4);/q2*+1;;-1. The van der Waals surface area contributed by atoms with Crippen molar-refractivity contribution in [3.8, 4) is 0 Å². The second-order valence-electron chi connectivity index (χ2n) is 1.25. The molecule has 0 aromatic rings. The number of hydrogen-bond acceptors (Lipinski definition) is 2. The Morgan fingerprint density at radius 2 is 1.64 bits per heavy atom. The molecule has 64 valence electrons. The molecule has 0 aliphatic heterocycles. The van der Waals surface area contributed by atoms with Gasteiger partial charge in [-0.05, 0) is 6.92 Å². The predicted octanol–water partition coefficient (Wildman–Crippen LogP) is -2.19. The molecule has 0 aromatic carbocycles. The monoisotopic (exact) mass is 231 g/mol. The van der Waals surface area contributed by atoms with Gasteiger partial charge in [0.25, 0.3) is 0 Å². The molecule has 0 rings (SSSR count). The van der Waals surface area contributed by atoms with Gasteiger partial charge in [0.1, 0.15) is 15.1 Å². The molecule has 0 aromatic heterocycles. The normalized spacial score (nSPS) is 10.5. The second-order valence-corrected chi connectivity index (χ2v) is 5.47. The van der Waals surface area contributed by atoms with E-state index in [-0.39, 0.29) is 31.0 Å². The Bertz CT molecular complexity index is 139. The van der Waals surface area contributed by atoms with Crippen LogP contribution in [0.3, 0.4) is 0 Å². The van der Waals surface area contributed by atoms with E-state index in [4.69, 9.17) is 19.2 Å².